The van der Waals surface area contributed by atoms with Crippen LogP contribution in [0.3, 0.4) is 0 Å². The third-order valence-electron chi connectivity index (χ3n) is 5.44. The molecular weight excluding hydrogens is 457 g/mol. The summed E-state index contributed by atoms with van der Waals surface area (Å²) in [5.74, 6) is -0.527. The molecule has 0 unspecified atom stereocenters. The molecule has 3 rings (SSSR count). The molecule has 0 bridgehead atoms. The zero-order chi connectivity index (χ0) is 24.0. The highest BCUT2D eigenvalue weighted by Crippen LogP contribution is 2.29. The SMILES string of the molecule is CN(CC(=O)Nc1ccccc1Cl)C(=O)CN1CCN(Cc2cccc(C(F)(F)F)c2)CC1. The van der Waals surface area contributed by atoms with Gasteiger partial charge >= 0.3 is 6.18 Å². The third kappa shape index (κ3) is 7.45. The minimum atomic E-state index is -4.36. The number of nitrogens with zero attached hydrogens (tertiary/aromatic N) is 3. The van der Waals surface area contributed by atoms with E-state index in [-0.39, 0.29) is 24.9 Å². The quantitative estimate of drug-likeness (QED) is 0.655. The summed E-state index contributed by atoms with van der Waals surface area (Å²) in [4.78, 5) is 30.2. The number of likely N-dealkylation sites (N-methyl/N-ethyl adjacent to an activating group) is 1. The predicted octanol–water partition coefficient (Wildman–Crippen LogP) is 3.57. The van der Waals surface area contributed by atoms with E-state index in [4.69, 9.17) is 11.6 Å². The van der Waals surface area contributed by atoms with E-state index in [9.17, 15) is 22.8 Å². The number of carbonyl (C=O) groups excluding carboxylic acids is 2. The Hall–Kier alpha value is -2.62. The van der Waals surface area contributed by atoms with Gasteiger partial charge in [-0.25, -0.2) is 0 Å². The lowest BCUT2D eigenvalue weighted by atomic mass is 10.1. The van der Waals surface area contributed by atoms with Gasteiger partial charge in [-0.15, -0.1) is 0 Å². The van der Waals surface area contributed by atoms with Crippen LogP contribution in [0.2, 0.25) is 5.02 Å². The molecule has 33 heavy (non-hydrogen) atoms. The fraction of sp³-hybridized carbons (Fsp3) is 0.391. The van der Waals surface area contributed by atoms with Gasteiger partial charge < -0.3 is 10.2 Å². The Morgan fingerprint density at radius 3 is 2.36 bits per heavy atom. The van der Waals surface area contributed by atoms with Crippen LogP contribution in [0.1, 0.15) is 11.1 Å². The van der Waals surface area contributed by atoms with Gasteiger partial charge in [-0.2, -0.15) is 13.2 Å². The van der Waals surface area contributed by atoms with Crippen molar-refractivity contribution < 1.29 is 22.8 Å². The van der Waals surface area contributed by atoms with Gasteiger partial charge in [-0.1, -0.05) is 41.9 Å². The van der Waals surface area contributed by atoms with Crippen molar-refractivity contribution >= 4 is 29.1 Å². The van der Waals surface area contributed by atoms with E-state index in [2.05, 4.69) is 10.2 Å². The van der Waals surface area contributed by atoms with Gasteiger partial charge in [0, 0.05) is 39.8 Å². The van der Waals surface area contributed by atoms with Crippen LogP contribution in [0.15, 0.2) is 48.5 Å². The van der Waals surface area contributed by atoms with Crippen LogP contribution in [-0.2, 0) is 22.3 Å². The predicted molar refractivity (Wildman–Crippen MR) is 121 cm³/mol. The van der Waals surface area contributed by atoms with Gasteiger partial charge in [0.25, 0.3) is 0 Å². The molecular formula is C23H26ClF3N4O2. The van der Waals surface area contributed by atoms with Gasteiger partial charge in [0.1, 0.15) is 0 Å². The van der Waals surface area contributed by atoms with E-state index >= 15 is 0 Å². The second-order valence-electron chi connectivity index (χ2n) is 8.03. The number of hydrogen-bond acceptors (Lipinski definition) is 4. The van der Waals surface area contributed by atoms with E-state index < -0.39 is 11.7 Å². The molecule has 1 N–H and O–H groups in total. The summed E-state index contributed by atoms with van der Waals surface area (Å²) in [5.41, 5.74) is 0.450. The van der Waals surface area contributed by atoms with Gasteiger partial charge in [-0.3, -0.25) is 19.4 Å². The zero-order valence-corrected chi connectivity index (χ0v) is 19.0. The molecule has 1 aliphatic rings. The van der Waals surface area contributed by atoms with E-state index in [1.54, 1.807) is 37.4 Å². The topological polar surface area (TPSA) is 55.9 Å². The third-order valence-corrected chi connectivity index (χ3v) is 5.77. The summed E-state index contributed by atoms with van der Waals surface area (Å²) in [7, 11) is 1.57. The Kier molecular flexibility index (Phi) is 8.34. The van der Waals surface area contributed by atoms with E-state index in [0.29, 0.717) is 49.0 Å². The maximum Gasteiger partial charge on any atom is 0.416 e. The first-order valence-electron chi connectivity index (χ1n) is 10.5. The number of anilines is 1. The summed E-state index contributed by atoms with van der Waals surface area (Å²) in [6, 6.07) is 12.2. The number of halogens is 4. The molecule has 0 saturated carbocycles. The highest BCUT2D eigenvalue weighted by atomic mass is 35.5. The lowest BCUT2D eigenvalue weighted by molar-refractivity contribution is -0.137. The number of para-hydroxylation sites is 1. The molecule has 178 valence electrons. The molecule has 0 radical (unpaired) electrons. The van der Waals surface area contributed by atoms with Gasteiger partial charge in [0.05, 0.1) is 29.4 Å². The first-order valence-corrected chi connectivity index (χ1v) is 10.9. The minimum absolute atomic E-state index is 0.0977. The van der Waals surface area contributed by atoms with Gasteiger partial charge in [0.2, 0.25) is 11.8 Å². The van der Waals surface area contributed by atoms with Crippen molar-refractivity contribution in [1.29, 1.82) is 0 Å². The van der Waals surface area contributed by atoms with Gasteiger partial charge in [0.15, 0.2) is 0 Å². The number of piperazine rings is 1. The summed E-state index contributed by atoms with van der Waals surface area (Å²) < 4.78 is 38.7. The highest BCUT2D eigenvalue weighted by molar-refractivity contribution is 6.33. The number of alkyl halides is 3. The lowest BCUT2D eigenvalue weighted by Crippen LogP contribution is -2.49. The van der Waals surface area contributed by atoms with Crippen LogP contribution in [0.25, 0.3) is 0 Å². The molecule has 1 fully saturated rings. The van der Waals surface area contributed by atoms with Crippen LogP contribution < -0.4 is 5.32 Å². The molecule has 0 spiro atoms. The van der Waals surface area contributed by atoms with Gasteiger partial charge in [-0.05, 0) is 23.8 Å². The molecule has 2 aromatic rings. The number of rotatable bonds is 7. The van der Waals surface area contributed by atoms with Crippen LogP contribution in [0, 0.1) is 0 Å². The summed E-state index contributed by atoms with van der Waals surface area (Å²) >= 11 is 6.03. The molecule has 0 atom stereocenters. The smallest absolute Gasteiger partial charge is 0.335 e. The van der Waals surface area contributed by atoms with E-state index in [1.165, 1.54) is 17.0 Å². The Morgan fingerprint density at radius 2 is 1.70 bits per heavy atom. The normalized spacial score (nSPS) is 15.3. The van der Waals surface area contributed by atoms with Crippen molar-refractivity contribution in [2.24, 2.45) is 0 Å². The fourth-order valence-corrected chi connectivity index (χ4v) is 3.76. The molecule has 0 aromatic heterocycles. The lowest BCUT2D eigenvalue weighted by Gasteiger charge is -2.35. The maximum absolute atomic E-state index is 12.9. The summed E-state index contributed by atoms with van der Waals surface area (Å²) in [6.45, 7) is 3.01. The summed E-state index contributed by atoms with van der Waals surface area (Å²) in [6.07, 6.45) is -4.36. The minimum Gasteiger partial charge on any atom is -0.335 e. The zero-order valence-electron chi connectivity index (χ0n) is 18.2. The van der Waals surface area contributed by atoms with Crippen LogP contribution >= 0.6 is 11.6 Å². The van der Waals surface area contributed by atoms with Crippen molar-refractivity contribution in [3.8, 4) is 0 Å². The number of carbonyl (C=O) groups is 2. The first-order chi connectivity index (χ1) is 15.6. The van der Waals surface area contributed by atoms with Crippen LogP contribution in [0.4, 0.5) is 18.9 Å². The summed E-state index contributed by atoms with van der Waals surface area (Å²) in [5, 5.41) is 3.11. The van der Waals surface area contributed by atoms with Crippen molar-refractivity contribution in [3.63, 3.8) is 0 Å². The van der Waals surface area contributed by atoms with E-state index in [0.717, 1.165) is 6.07 Å². The Bertz CT molecular complexity index is 978. The Morgan fingerprint density at radius 1 is 1.03 bits per heavy atom. The average molecular weight is 483 g/mol. The molecule has 0 aliphatic carbocycles. The molecule has 1 heterocycles. The van der Waals surface area contributed by atoms with Crippen molar-refractivity contribution in [1.82, 2.24) is 14.7 Å². The fourth-order valence-electron chi connectivity index (χ4n) is 3.58. The Labute approximate surface area is 195 Å². The molecule has 2 aromatic carbocycles. The first kappa shape index (κ1) is 25.0. The van der Waals surface area contributed by atoms with Crippen molar-refractivity contribution in [2.75, 3.05) is 51.6 Å². The van der Waals surface area contributed by atoms with E-state index in [1.807, 2.05) is 4.90 Å². The largest absolute Gasteiger partial charge is 0.416 e. The number of nitrogens with one attached hydrogen (secondary N) is 1. The molecule has 1 saturated heterocycles. The second-order valence-corrected chi connectivity index (χ2v) is 8.44. The molecule has 1 aliphatic heterocycles. The highest BCUT2D eigenvalue weighted by Gasteiger charge is 2.30. The van der Waals surface area contributed by atoms with Crippen molar-refractivity contribution in [3.05, 3.63) is 64.7 Å². The Balaban J connectivity index is 1.42. The van der Waals surface area contributed by atoms with Crippen LogP contribution in [0.5, 0.6) is 0 Å². The van der Waals surface area contributed by atoms with Crippen molar-refractivity contribution in [2.45, 2.75) is 12.7 Å². The molecule has 2 amide bonds. The number of amides is 2. The maximum atomic E-state index is 12.9. The second kappa shape index (κ2) is 11.0. The molecule has 10 heteroatoms. The van der Waals surface area contributed by atoms with Crippen LogP contribution in [-0.4, -0.2) is 72.8 Å². The number of benzene rings is 2. The standard InChI is InChI=1S/C23H26ClF3N4O2/c1-29(15-21(32)28-20-8-3-2-7-19(20)24)22(33)16-31-11-9-30(10-12-31)14-17-5-4-6-18(13-17)23(25,26)27/h2-8,13H,9-12,14-16H2,1H3,(H,28,32). The average Bonchev–Trinajstić information content (AvgIpc) is 2.76. The molecule has 6 nitrogen and oxygen atoms in total. The monoisotopic (exact) mass is 482 g/mol. The number of hydrogen-bond donors (Lipinski definition) is 1.